The smallest absolute Gasteiger partial charge is 0.410 e. The number of amides is 1. The zero-order chi connectivity index (χ0) is 18.1. The molecule has 1 heterocycles. The predicted molar refractivity (Wildman–Crippen MR) is 95.3 cm³/mol. The highest BCUT2D eigenvalue weighted by Crippen LogP contribution is 2.19. The Kier molecular flexibility index (Phi) is 7.98. The third kappa shape index (κ3) is 5.88. The minimum absolute atomic E-state index is 0.0861. The summed E-state index contributed by atoms with van der Waals surface area (Å²) >= 11 is 0. The molecule has 1 fully saturated rings. The number of hydrogen-bond acceptors (Lipinski definition) is 4. The Hall–Kier alpha value is -1.82. The molecule has 1 atom stereocenters. The summed E-state index contributed by atoms with van der Waals surface area (Å²) in [4.78, 5) is 14.0. The number of hydrogen-bond donors (Lipinski definition) is 1. The van der Waals surface area contributed by atoms with Gasteiger partial charge in [0.2, 0.25) is 0 Å². The molecular formula is C19H29FN2O3. The van der Waals surface area contributed by atoms with E-state index in [9.17, 15) is 9.18 Å². The van der Waals surface area contributed by atoms with Crippen LogP contribution in [0, 0.1) is 5.82 Å². The summed E-state index contributed by atoms with van der Waals surface area (Å²) in [7, 11) is 0. The normalized spacial score (nSPS) is 17.4. The number of ether oxygens (including phenoxy) is 2. The van der Waals surface area contributed by atoms with E-state index < -0.39 is 0 Å². The van der Waals surface area contributed by atoms with Crippen molar-refractivity contribution in [2.24, 2.45) is 0 Å². The lowest BCUT2D eigenvalue weighted by Gasteiger charge is -2.34. The molecule has 6 heteroatoms. The van der Waals surface area contributed by atoms with Crippen LogP contribution >= 0.6 is 0 Å². The van der Waals surface area contributed by atoms with Crippen molar-refractivity contribution in [3.8, 4) is 5.75 Å². The second-order valence-electron chi connectivity index (χ2n) is 6.32. The first-order chi connectivity index (χ1) is 12.2. The van der Waals surface area contributed by atoms with Crippen LogP contribution < -0.4 is 10.1 Å². The summed E-state index contributed by atoms with van der Waals surface area (Å²) in [5.41, 5.74) is 0.338. The first kappa shape index (κ1) is 19.5. The van der Waals surface area contributed by atoms with Crippen molar-refractivity contribution in [2.75, 3.05) is 26.2 Å². The number of nitrogens with zero attached hydrogens (tertiary/aromatic N) is 1. The Balaban J connectivity index is 1.89. The summed E-state index contributed by atoms with van der Waals surface area (Å²) in [6, 6.07) is 4.71. The zero-order valence-corrected chi connectivity index (χ0v) is 15.2. The molecule has 2 rings (SSSR count). The van der Waals surface area contributed by atoms with E-state index in [1.807, 2.05) is 6.92 Å². The van der Waals surface area contributed by atoms with Gasteiger partial charge in [0.1, 0.15) is 18.2 Å². The maximum atomic E-state index is 14.0. The molecule has 0 radical (unpaired) electrons. The van der Waals surface area contributed by atoms with E-state index in [1.165, 1.54) is 6.07 Å². The Morgan fingerprint density at radius 2 is 2.20 bits per heavy atom. The zero-order valence-electron chi connectivity index (χ0n) is 15.2. The maximum Gasteiger partial charge on any atom is 0.410 e. The topological polar surface area (TPSA) is 50.8 Å². The summed E-state index contributed by atoms with van der Waals surface area (Å²) in [5.74, 6) is 0.221. The fourth-order valence-corrected chi connectivity index (χ4v) is 2.88. The molecule has 1 saturated heterocycles. The molecule has 0 aliphatic carbocycles. The molecule has 1 N–H and O–H groups in total. The molecule has 140 valence electrons. The van der Waals surface area contributed by atoms with Crippen molar-refractivity contribution in [2.45, 2.75) is 52.2 Å². The van der Waals surface area contributed by atoms with Crippen molar-refractivity contribution in [1.82, 2.24) is 10.2 Å². The molecule has 0 aromatic heterocycles. The molecule has 1 aliphatic rings. The van der Waals surface area contributed by atoms with Gasteiger partial charge in [-0.3, -0.25) is 0 Å². The van der Waals surface area contributed by atoms with Gasteiger partial charge in [-0.25, -0.2) is 9.18 Å². The van der Waals surface area contributed by atoms with E-state index in [0.717, 1.165) is 38.8 Å². The number of nitrogens with one attached hydrogen (secondary N) is 1. The molecule has 1 aromatic carbocycles. The number of carbonyl (C=O) groups excluding carboxylic acids is 1. The van der Waals surface area contributed by atoms with Gasteiger partial charge >= 0.3 is 6.09 Å². The lowest BCUT2D eigenvalue weighted by atomic mass is 10.1. The Bertz CT molecular complexity index is 553. The van der Waals surface area contributed by atoms with E-state index in [2.05, 4.69) is 12.2 Å². The molecule has 1 unspecified atom stereocenters. The first-order valence-corrected chi connectivity index (χ1v) is 9.21. The van der Waals surface area contributed by atoms with Gasteiger partial charge in [-0.1, -0.05) is 26.7 Å². The first-order valence-electron chi connectivity index (χ1n) is 9.21. The predicted octanol–water partition coefficient (Wildman–Crippen LogP) is 3.72. The number of piperazine rings is 1. The van der Waals surface area contributed by atoms with Gasteiger partial charge in [0.05, 0.1) is 6.61 Å². The highest BCUT2D eigenvalue weighted by Gasteiger charge is 2.26. The summed E-state index contributed by atoms with van der Waals surface area (Å²) in [5, 5.41) is 3.26. The van der Waals surface area contributed by atoms with Crippen molar-refractivity contribution in [3.63, 3.8) is 0 Å². The van der Waals surface area contributed by atoms with Crippen LogP contribution in [-0.2, 0) is 11.3 Å². The maximum absolute atomic E-state index is 14.0. The van der Waals surface area contributed by atoms with Crippen LogP contribution in [0.5, 0.6) is 5.75 Å². The molecule has 25 heavy (non-hydrogen) atoms. The highest BCUT2D eigenvalue weighted by atomic mass is 19.1. The molecule has 1 amide bonds. The van der Waals surface area contributed by atoms with Crippen LogP contribution in [-0.4, -0.2) is 43.3 Å². The van der Waals surface area contributed by atoms with Crippen molar-refractivity contribution < 1.29 is 18.7 Å². The SMILES string of the molecule is CCCCCOc1ccc(F)c(COC(=O)N2CCNCC2CC)c1. The minimum atomic E-state index is -0.388. The van der Waals surface area contributed by atoms with Gasteiger partial charge in [0.15, 0.2) is 0 Å². The highest BCUT2D eigenvalue weighted by molar-refractivity contribution is 5.68. The number of carbonyl (C=O) groups is 1. The summed E-state index contributed by atoms with van der Waals surface area (Å²) in [6.45, 7) is 6.82. The van der Waals surface area contributed by atoms with Crippen LogP contribution in [0.3, 0.4) is 0 Å². The monoisotopic (exact) mass is 352 g/mol. The Morgan fingerprint density at radius 1 is 1.36 bits per heavy atom. The molecular weight excluding hydrogens is 323 g/mol. The van der Waals surface area contributed by atoms with Crippen LogP contribution in [0.25, 0.3) is 0 Å². The molecule has 5 nitrogen and oxygen atoms in total. The fourth-order valence-electron chi connectivity index (χ4n) is 2.88. The second-order valence-corrected chi connectivity index (χ2v) is 6.32. The Labute approximate surface area is 149 Å². The summed E-state index contributed by atoms with van der Waals surface area (Å²) in [6.07, 6.45) is 3.67. The number of halogens is 1. The van der Waals surface area contributed by atoms with E-state index in [0.29, 0.717) is 24.5 Å². The van der Waals surface area contributed by atoms with E-state index >= 15 is 0 Å². The van der Waals surface area contributed by atoms with Gasteiger partial charge in [0.25, 0.3) is 0 Å². The largest absolute Gasteiger partial charge is 0.494 e. The van der Waals surface area contributed by atoms with Crippen molar-refractivity contribution >= 4 is 6.09 Å². The van der Waals surface area contributed by atoms with E-state index in [1.54, 1.807) is 17.0 Å². The number of benzene rings is 1. The lowest BCUT2D eigenvalue weighted by Crippen LogP contribution is -2.53. The lowest BCUT2D eigenvalue weighted by molar-refractivity contribution is 0.0706. The fraction of sp³-hybridized carbons (Fsp3) is 0.632. The standard InChI is InChI=1S/C19H29FN2O3/c1-3-5-6-11-24-17-7-8-18(20)15(12-17)14-25-19(23)22-10-9-21-13-16(22)4-2/h7-8,12,16,21H,3-6,9-11,13-14H2,1-2H3. The van der Waals surface area contributed by atoms with Crippen LogP contribution in [0.4, 0.5) is 9.18 Å². The second kappa shape index (κ2) is 10.2. The Morgan fingerprint density at radius 3 is 2.96 bits per heavy atom. The van der Waals surface area contributed by atoms with Crippen molar-refractivity contribution in [1.29, 1.82) is 0 Å². The molecule has 0 saturated carbocycles. The third-order valence-electron chi connectivity index (χ3n) is 4.44. The molecule has 0 bridgehead atoms. The number of unbranched alkanes of at least 4 members (excludes halogenated alkanes) is 2. The average Bonchev–Trinajstić information content (AvgIpc) is 2.65. The van der Waals surface area contributed by atoms with E-state index in [4.69, 9.17) is 9.47 Å². The molecule has 1 aliphatic heterocycles. The molecule has 1 aromatic rings. The van der Waals surface area contributed by atoms with Crippen LogP contribution in [0.1, 0.15) is 45.1 Å². The average molecular weight is 352 g/mol. The number of rotatable bonds is 8. The third-order valence-corrected chi connectivity index (χ3v) is 4.44. The van der Waals surface area contributed by atoms with Crippen molar-refractivity contribution in [3.05, 3.63) is 29.6 Å². The van der Waals surface area contributed by atoms with Crippen LogP contribution in [0.15, 0.2) is 18.2 Å². The minimum Gasteiger partial charge on any atom is -0.494 e. The van der Waals surface area contributed by atoms with E-state index in [-0.39, 0.29) is 24.6 Å². The summed E-state index contributed by atoms with van der Waals surface area (Å²) < 4.78 is 25.0. The van der Waals surface area contributed by atoms with Gasteiger partial charge < -0.3 is 19.7 Å². The van der Waals surface area contributed by atoms with Crippen LogP contribution in [0.2, 0.25) is 0 Å². The van der Waals surface area contributed by atoms with Gasteiger partial charge in [-0.2, -0.15) is 0 Å². The van der Waals surface area contributed by atoms with Gasteiger partial charge in [-0.05, 0) is 31.0 Å². The quantitative estimate of drug-likeness (QED) is 0.725. The van der Waals surface area contributed by atoms with Gasteiger partial charge in [0, 0.05) is 31.2 Å². The molecule has 0 spiro atoms. The van der Waals surface area contributed by atoms with Gasteiger partial charge in [-0.15, -0.1) is 0 Å².